The van der Waals surface area contributed by atoms with Crippen molar-refractivity contribution in [1.82, 2.24) is 4.98 Å². The number of carbonyl (C=O) groups excluding carboxylic acids is 1. The number of carbonyl (C=O) groups is 2. The minimum absolute atomic E-state index is 0.0461. The third-order valence-electron chi connectivity index (χ3n) is 5.76. The number of pyridine rings is 1. The van der Waals surface area contributed by atoms with E-state index in [0.717, 1.165) is 42.5 Å². The first kappa shape index (κ1) is 16.8. The molecule has 0 unspecified atom stereocenters. The Labute approximate surface area is 152 Å². The molecule has 1 fully saturated rings. The molecule has 2 aliphatic rings. The lowest BCUT2D eigenvalue weighted by Crippen LogP contribution is -2.39. The maximum Gasteiger partial charge on any atom is 0.335 e. The van der Waals surface area contributed by atoms with Crippen LogP contribution < -0.4 is 4.90 Å². The zero-order valence-corrected chi connectivity index (χ0v) is 14.6. The van der Waals surface area contributed by atoms with Gasteiger partial charge in [0.25, 0.3) is 0 Å². The third kappa shape index (κ3) is 2.87. The van der Waals surface area contributed by atoms with Crippen LogP contribution in [0.15, 0.2) is 42.7 Å². The summed E-state index contributed by atoms with van der Waals surface area (Å²) in [4.78, 5) is 30.4. The second kappa shape index (κ2) is 6.56. The average Bonchev–Trinajstić information content (AvgIpc) is 2.97. The standard InChI is InChI=1S/C21H22N2O3/c24-19(11-15-5-4-10-22-13-15)23-14-21(8-2-1-3-9-21)17-12-16(20(25)26)6-7-18(17)23/h4-7,10,12-13H,1-3,8-9,11,14H2,(H,25,26). The first-order valence-corrected chi connectivity index (χ1v) is 9.16. The zero-order chi connectivity index (χ0) is 18.1. The Kier molecular flexibility index (Phi) is 4.23. The molecule has 1 spiro atoms. The van der Waals surface area contributed by atoms with Gasteiger partial charge in [-0.3, -0.25) is 9.78 Å². The van der Waals surface area contributed by atoms with Crippen LogP contribution in [-0.4, -0.2) is 28.5 Å². The molecule has 1 amide bonds. The van der Waals surface area contributed by atoms with Gasteiger partial charge in [0.05, 0.1) is 12.0 Å². The van der Waals surface area contributed by atoms with E-state index in [4.69, 9.17) is 0 Å². The number of benzene rings is 1. The molecule has 1 aromatic heterocycles. The summed E-state index contributed by atoms with van der Waals surface area (Å²) in [5, 5.41) is 9.39. The quantitative estimate of drug-likeness (QED) is 0.919. The van der Waals surface area contributed by atoms with Gasteiger partial charge in [0.2, 0.25) is 5.91 Å². The monoisotopic (exact) mass is 350 g/mol. The first-order chi connectivity index (χ1) is 12.6. The van der Waals surface area contributed by atoms with Crippen LogP contribution >= 0.6 is 0 Å². The molecule has 5 heteroatoms. The lowest BCUT2D eigenvalue weighted by atomic mass is 9.70. The molecule has 1 saturated carbocycles. The Balaban J connectivity index is 1.70. The molecule has 1 aromatic carbocycles. The molecule has 0 bridgehead atoms. The van der Waals surface area contributed by atoms with Crippen molar-refractivity contribution in [2.45, 2.75) is 43.9 Å². The van der Waals surface area contributed by atoms with Gasteiger partial charge in [-0.05, 0) is 48.2 Å². The maximum atomic E-state index is 13.0. The summed E-state index contributed by atoms with van der Waals surface area (Å²) in [5.74, 6) is -0.872. The van der Waals surface area contributed by atoms with E-state index >= 15 is 0 Å². The number of nitrogens with zero attached hydrogens (tertiary/aromatic N) is 2. The van der Waals surface area contributed by atoms with E-state index < -0.39 is 5.97 Å². The van der Waals surface area contributed by atoms with Crippen molar-refractivity contribution in [1.29, 1.82) is 0 Å². The van der Waals surface area contributed by atoms with Gasteiger partial charge in [0.15, 0.2) is 0 Å². The summed E-state index contributed by atoms with van der Waals surface area (Å²) in [6.07, 6.45) is 9.22. The number of hydrogen-bond acceptors (Lipinski definition) is 3. The second-order valence-electron chi connectivity index (χ2n) is 7.40. The molecule has 4 rings (SSSR count). The molecule has 0 radical (unpaired) electrons. The number of anilines is 1. The number of amides is 1. The molecule has 0 saturated heterocycles. The lowest BCUT2D eigenvalue weighted by molar-refractivity contribution is -0.118. The van der Waals surface area contributed by atoms with Gasteiger partial charge in [-0.1, -0.05) is 25.3 Å². The Hall–Kier alpha value is -2.69. The van der Waals surface area contributed by atoms with Crippen molar-refractivity contribution in [3.8, 4) is 0 Å². The fourth-order valence-corrected chi connectivity index (χ4v) is 4.45. The van der Waals surface area contributed by atoms with E-state index in [1.807, 2.05) is 23.1 Å². The van der Waals surface area contributed by atoms with E-state index in [-0.39, 0.29) is 11.3 Å². The van der Waals surface area contributed by atoms with Gasteiger partial charge in [-0.15, -0.1) is 0 Å². The van der Waals surface area contributed by atoms with Gasteiger partial charge in [0.1, 0.15) is 0 Å². The molecule has 2 heterocycles. The van der Waals surface area contributed by atoms with Gasteiger partial charge >= 0.3 is 5.97 Å². The molecule has 1 aliphatic carbocycles. The van der Waals surface area contributed by atoms with Crippen LogP contribution in [0.3, 0.4) is 0 Å². The van der Waals surface area contributed by atoms with Crippen LogP contribution in [-0.2, 0) is 16.6 Å². The summed E-state index contributed by atoms with van der Waals surface area (Å²) in [5.41, 5.74) is 3.02. The molecule has 1 N–H and O–H groups in total. The molecular formula is C21H22N2O3. The highest BCUT2D eigenvalue weighted by atomic mass is 16.4. The average molecular weight is 350 g/mol. The molecule has 134 valence electrons. The van der Waals surface area contributed by atoms with E-state index in [1.54, 1.807) is 24.5 Å². The highest BCUT2D eigenvalue weighted by Gasteiger charge is 2.45. The Morgan fingerprint density at radius 2 is 1.96 bits per heavy atom. The van der Waals surface area contributed by atoms with Gasteiger partial charge in [-0.2, -0.15) is 0 Å². The fraction of sp³-hybridized carbons (Fsp3) is 0.381. The molecule has 0 atom stereocenters. The fourth-order valence-electron chi connectivity index (χ4n) is 4.45. The Morgan fingerprint density at radius 1 is 1.15 bits per heavy atom. The molecule has 5 nitrogen and oxygen atoms in total. The molecule has 26 heavy (non-hydrogen) atoms. The van der Waals surface area contributed by atoms with Crippen LogP contribution in [0, 0.1) is 0 Å². The van der Waals surface area contributed by atoms with Gasteiger partial charge in [0, 0.05) is 30.0 Å². The van der Waals surface area contributed by atoms with Crippen LogP contribution in [0.4, 0.5) is 5.69 Å². The van der Waals surface area contributed by atoms with Crippen molar-refractivity contribution < 1.29 is 14.7 Å². The van der Waals surface area contributed by atoms with Crippen LogP contribution in [0.2, 0.25) is 0 Å². The Morgan fingerprint density at radius 3 is 2.65 bits per heavy atom. The first-order valence-electron chi connectivity index (χ1n) is 9.16. The van der Waals surface area contributed by atoms with E-state index in [1.165, 1.54) is 6.42 Å². The second-order valence-corrected chi connectivity index (χ2v) is 7.40. The van der Waals surface area contributed by atoms with E-state index in [2.05, 4.69) is 4.98 Å². The molecule has 1 aliphatic heterocycles. The highest BCUT2D eigenvalue weighted by molar-refractivity contribution is 5.98. The minimum Gasteiger partial charge on any atom is -0.478 e. The normalized spacial score (nSPS) is 17.9. The van der Waals surface area contributed by atoms with Crippen molar-refractivity contribution in [2.75, 3.05) is 11.4 Å². The van der Waals surface area contributed by atoms with Crippen molar-refractivity contribution >= 4 is 17.6 Å². The minimum atomic E-state index is -0.918. The van der Waals surface area contributed by atoms with Crippen LogP contribution in [0.5, 0.6) is 0 Å². The Bertz CT molecular complexity index is 842. The number of fused-ring (bicyclic) bond motifs is 2. The third-order valence-corrected chi connectivity index (χ3v) is 5.76. The van der Waals surface area contributed by atoms with Gasteiger partial charge in [-0.25, -0.2) is 4.79 Å². The number of hydrogen-bond donors (Lipinski definition) is 1. The number of carboxylic acid groups (broad SMARTS) is 1. The van der Waals surface area contributed by atoms with Crippen molar-refractivity contribution in [2.24, 2.45) is 0 Å². The SMILES string of the molecule is O=C(O)c1ccc2c(c1)C1(CCCCC1)CN2C(=O)Cc1cccnc1. The molecular weight excluding hydrogens is 328 g/mol. The number of rotatable bonds is 3. The van der Waals surface area contributed by atoms with Gasteiger partial charge < -0.3 is 10.0 Å². The summed E-state index contributed by atoms with van der Waals surface area (Å²) in [6.45, 7) is 0.657. The maximum absolute atomic E-state index is 13.0. The van der Waals surface area contributed by atoms with Crippen molar-refractivity contribution in [3.63, 3.8) is 0 Å². The predicted molar refractivity (Wildman–Crippen MR) is 98.5 cm³/mol. The lowest BCUT2D eigenvalue weighted by Gasteiger charge is -2.34. The summed E-state index contributed by atoms with van der Waals surface area (Å²) in [7, 11) is 0. The van der Waals surface area contributed by atoms with Crippen LogP contribution in [0.1, 0.15) is 53.6 Å². The smallest absolute Gasteiger partial charge is 0.335 e. The summed E-state index contributed by atoms with van der Waals surface area (Å²) >= 11 is 0. The summed E-state index contributed by atoms with van der Waals surface area (Å²) in [6, 6.07) is 8.95. The van der Waals surface area contributed by atoms with E-state index in [0.29, 0.717) is 18.5 Å². The highest BCUT2D eigenvalue weighted by Crippen LogP contribution is 2.49. The predicted octanol–water partition coefficient (Wildman–Crippen LogP) is 3.57. The summed E-state index contributed by atoms with van der Waals surface area (Å²) < 4.78 is 0. The van der Waals surface area contributed by atoms with Crippen LogP contribution in [0.25, 0.3) is 0 Å². The number of carboxylic acids is 1. The number of aromatic nitrogens is 1. The number of aromatic carboxylic acids is 1. The zero-order valence-electron chi connectivity index (χ0n) is 14.6. The van der Waals surface area contributed by atoms with Crippen molar-refractivity contribution in [3.05, 3.63) is 59.4 Å². The topological polar surface area (TPSA) is 70.5 Å². The molecule has 2 aromatic rings. The largest absolute Gasteiger partial charge is 0.478 e. The van der Waals surface area contributed by atoms with E-state index in [9.17, 15) is 14.7 Å².